The number of benzene rings is 2. The molecule has 2 aromatic carbocycles. The first-order chi connectivity index (χ1) is 14.1. The average Bonchev–Trinajstić information content (AvgIpc) is 2.73. The van der Waals surface area contributed by atoms with Gasteiger partial charge in [-0.2, -0.15) is 0 Å². The molecule has 1 N–H and O–H groups in total. The van der Waals surface area contributed by atoms with Crippen LogP contribution >= 0.6 is 0 Å². The van der Waals surface area contributed by atoms with E-state index in [-0.39, 0.29) is 23.5 Å². The van der Waals surface area contributed by atoms with Crippen LogP contribution in [0.2, 0.25) is 0 Å². The summed E-state index contributed by atoms with van der Waals surface area (Å²) in [6, 6.07) is 15.9. The van der Waals surface area contributed by atoms with Crippen LogP contribution in [0.5, 0.6) is 5.75 Å². The molecule has 0 aliphatic carbocycles. The summed E-state index contributed by atoms with van der Waals surface area (Å²) in [7, 11) is 0. The van der Waals surface area contributed by atoms with Crippen molar-refractivity contribution in [2.45, 2.75) is 26.1 Å². The number of nitrogens with zero attached hydrogens (tertiary/aromatic N) is 1. The van der Waals surface area contributed by atoms with Crippen molar-refractivity contribution in [2.75, 3.05) is 6.54 Å². The Morgan fingerprint density at radius 2 is 1.86 bits per heavy atom. The van der Waals surface area contributed by atoms with Crippen molar-refractivity contribution < 1.29 is 19.0 Å². The van der Waals surface area contributed by atoms with E-state index in [9.17, 15) is 14.9 Å². The first-order valence-electron chi connectivity index (χ1n) is 9.47. The Labute approximate surface area is 167 Å². The number of quaternary nitrogens is 1. The van der Waals surface area contributed by atoms with Gasteiger partial charge in [0.15, 0.2) is 5.76 Å². The van der Waals surface area contributed by atoms with Crippen LogP contribution in [0, 0.1) is 10.1 Å². The highest BCUT2D eigenvalue weighted by atomic mass is 16.6. The van der Waals surface area contributed by atoms with Gasteiger partial charge in [-0.05, 0) is 23.3 Å². The Kier molecular flexibility index (Phi) is 5.39. The van der Waals surface area contributed by atoms with Crippen LogP contribution in [0.1, 0.15) is 22.5 Å². The molecule has 1 atom stereocenters. The Morgan fingerprint density at radius 3 is 2.59 bits per heavy atom. The largest absolute Gasteiger partial charge is 0.482 e. The van der Waals surface area contributed by atoms with E-state index in [1.54, 1.807) is 12.1 Å². The Morgan fingerprint density at radius 1 is 1.10 bits per heavy atom. The van der Waals surface area contributed by atoms with E-state index < -0.39 is 4.92 Å². The number of nitro groups is 1. The lowest BCUT2D eigenvalue weighted by molar-refractivity contribution is -0.930. The highest BCUT2D eigenvalue weighted by Gasteiger charge is 2.20. The predicted octanol–water partition coefficient (Wildman–Crippen LogP) is 2.27. The predicted molar refractivity (Wildman–Crippen MR) is 106 cm³/mol. The van der Waals surface area contributed by atoms with Crippen molar-refractivity contribution in [1.82, 2.24) is 0 Å². The third-order valence-corrected chi connectivity index (χ3v) is 5.12. The Balaban J connectivity index is 1.37. The maximum absolute atomic E-state index is 12.4. The second-order valence-electron chi connectivity index (χ2n) is 7.16. The summed E-state index contributed by atoms with van der Waals surface area (Å²) in [5, 5.41) is 10.7. The van der Waals surface area contributed by atoms with Crippen molar-refractivity contribution in [3.63, 3.8) is 0 Å². The highest BCUT2D eigenvalue weighted by molar-refractivity contribution is 5.33. The lowest BCUT2D eigenvalue weighted by Crippen LogP contribution is -3.10. The van der Waals surface area contributed by atoms with Crippen molar-refractivity contribution in [3.05, 3.63) is 104 Å². The van der Waals surface area contributed by atoms with Crippen molar-refractivity contribution >= 4 is 5.69 Å². The Bertz CT molecular complexity index is 1080. The van der Waals surface area contributed by atoms with Gasteiger partial charge in [0.1, 0.15) is 26.0 Å². The summed E-state index contributed by atoms with van der Waals surface area (Å²) in [6.07, 6.45) is 2.37. The van der Waals surface area contributed by atoms with Gasteiger partial charge in [-0.1, -0.05) is 24.3 Å². The zero-order chi connectivity index (χ0) is 20.2. The molecule has 0 amide bonds. The summed E-state index contributed by atoms with van der Waals surface area (Å²) >= 11 is 0. The smallest absolute Gasteiger partial charge is 0.269 e. The maximum Gasteiger partial charge on any atom is 0.269 e. The normalized spacial score (nSPS) is 15.5. The molecule has 3 aromatic rings. The fourth-order valence-electron chi connectivity index (χ4n) is 3.55. The second kappa shape index (κ2) is 8.28. The topological polar surface area (TPSA) is 87.0 Å². The zero-order valence-corrected chi connectivity index (χ0v) is 15.8. The Hall–Kier alpha value is -3.45. The fourth-order valence-corrected chi connectivity index (χ4v) is 3.55. The van der Waals surface area contributed by atoms with Gasteiger partial charge >= 0.3 is 0 Å². The monoisotopic (exact) mass is 393 g/mol. The van der Waals surface area contributed by atoms with Crippen LogP contribution < -0.4 is 15.1 Å². The summed E-state index contributed by atoms with van der Waals surface area (Å²) in [5.74, 6) is 0.762. The van der Waals surface area contributed by atoms with Crippen molar-refractivity contribution in [3.8, 4) is 5.75 Å². The molecule has 1 aliphatic heterocycles. The molecule has 0 fully saturated rings. The SMILES string of the molecule is O=c1cc(C[NH+]2CCc3ccccc3C2)occ1OCc1ccc([N+](=O)[O-])cc1. The van der Waals surface area contributed by atoms with E-state index in [0.717, 1.165) is 25.1 Å². The van der Waals surface area contributed by atoms with Gasteiger partial charge < -0.3 is 14.1 Å². The standard InChI is InChI=1S/C22H20N2O5/c25-21-11-20(13-23-10-9-17-3-1-2-4-18(17)12-23)28-15-22(21)29-14-16-5-7-19(8-6-16)24(26)27/h1-8,11,15H,9-10,12-14H2/p+1. The number of rotatable bonds is 6. The number of fused-ring (bicyclic) bond motifs is 1. The van der Waals surface area contributed by atoms with Gasteiger partial charge in [-0.15, -0.1) is 0 Å². The van der Waals surface area contributed by atoms with Gasteiger partial charge in [-0.3, -0.25) is 14.9 Å². The van der Waals surface area contributed by atoms with E-state index in [0.29, 0.717) is 12.3 Å². The first kappa shape index (κ1) is 18.9. The molecule has 0 spiro atoms. The lowest BCUT2D eigenvalue weighted by atomic mass is 10.00. The molecule has 1 aliphatic rings. The number of nitro benzene ring substituents is 1. The third kappa shape index (κ3) is 4.52. The van der Waals surface area contributed by atoms with Gasteiger partial charge in [0.25, 0.3) is 5.69 Å². The van der Waals surface area contributed by atoms with Crippen molar-refractivity contribution in [1.29, 1.82) is 0 Å². The van der Waals surface area contributed by atoms with Gasteiger partial charge in [0.2, 0.25) is 11.2 Å². The first-order valence-corrected chi connectivity index (χ1v) is 9.47. The van der Waals surface area contributed by atoms with Crippen LogP contribution in [0.25, 0.3) is 0 Å². The number of hydrogen-bond donors (Lipinski definition) is 1. The lowest BCUT2D eigenvalue weighted by Gasteiger charge is -2.25. The molecule has 148 valence electrons. The minimum atomic E-state index is -0.457. The number of nitrogens with one attached hydrogen (secondary N) is 1. The molecule has 1 unspecified atom stereocenters. The fraction of sp³-hybridized carbons (Fsp3) is 0.227. The summed E-state index contributed by atoms with van der Waals surface area (Å²) in [6.45, 7) is 2.69. The van der Waals surface area contributed by atoms with Gasteiger partial charge in [-0.25, -0.2) is 0 Å². The summed E-state index contributed by atoms with van der Waals surface area (Å²) in [5.41, 5.74) is 3.26. The molecule has 2 heterocycles. The minimum absolute atomic E-state index is 0.0143. The molecule has 7 heteroatoms. The van der Waals surface area contributed by atoms with Crippen LogP contribution in [0.4, 0.5) is 5.69 Å². The van der Waals surface area contributed by atoms with Crippen molar-refractivity contribution in [2.24, 2.45) is 0 Å². The number of hydrogen-bond acceptors (Lipinski definition) is 5. The maximum atomic E-state index is 12.4. The molecular weight excluding hydrogens is 372 g/mol. The minimum Gasteiger partial charge on any atom is -0.482 e. The molecule has 0 radical (unpaired) electrons. The van der Waals surface area contributed by atoms with Crippen LogP contribution in [-0.4, -0.2) is 11.5 Å². The quantitative estimate of drug-likeness (QED) is 0.513. The van der Waals surface area contributed by atoms with Crippen LogP contribution in [-0.2, 0) is 26.1 Å². The van der Waals surface area contributed by atoms with E-state index >= 15 is 0 Å². The highest BCUT2D eigenvalue weighted by Crippen LogP contribution is 2.14. The average molecular weight is 393 g/mol. The second-order valence-corrected chi connectivity index (χ2v) is 7.16. The van der Waals surface area contributed by atoms with E-state index in [2.05, 4.69) is 24.3 Å². The molecule has 4 rings (SSSR count). The molecule has 29 heavy (non-hydrogen) atoms. The molecular formula is C22H21N2O5+. The van der Waals surface area contributed by atoms with E-state index in [4.69, 9.17) is 9.15 Å². The zero-order valence-electron chi connectivity index (χ0n) is 15.8. The van der Waals surface area contributed by atoms with Gasteiger partial charge in [0.05, 0.1) is 11.5 Å². The van der Waals surface area contributed by atoms with E-state index in [1.807, 2.05) is 0 Å². The number of non-ortho nitro benzene ring substituents is 1. The molecule has 0 saturated carbocycles. The molecule has 0 bridgehead atoms. The molecule has 1 aromatic heterocycles. The van der Waals surface area contributed by atoms with Crippen LogP contribution in [0.15, 0.2) is 70.1 Å². The summed E-state index contributed by atoms with van der Waals surface area (Å²) < 4.78 is 11.2. The van der Waals surface area contributed by atoms with E-state index in [1.165, 1.54) is 40.5 Å². The van der Waals surface area contributed by atoms with Gasteiger partial charge in [0, 0.05) is 30.2 Å². The third-order valence-electron chi connectivity index (χ3n) is 5.12. The van der Waals surface area contributed by atoms with Crippen LogP contribution in [0.3, 0.4) is 0 Å². The number of ether oxygens (including phenoxy) is 1. The molecule has 0 saturated heterocycles. The summed E-state index contributed by atoms with van der Waals surface area (Å²) in [4.78, 5) is 23.9. The molecule has 7 nitrogen and oxygen atoms in total.